The van der Waals surface area contributed by atoms with E-state index in [1.807, 2.05) is 0 Å². The second-order valence-electron chi connectivity index (χ2n) is 5.27. The third kappa shape index (κ3) is 2.08. The van der Waals surface area contributed by atoms with Gasteiger partial charge in [0.2, 0.25) is 5.67 Å². The van der Waals surface area contributed by atoms with E-state index in [1.54, 1.807) is 0 Å². The Morgan fingerprint density at radius 1 is 0.652 bits per heavy atom. The van der Waals surface area contributed by atoms with Crippen molar-refractivity contribution < 1.29 is 53.4 Å². The molecule has 1 aliphatic carbocycles. The molecule has 1 fully saturated rings. The highest BCUT2D eigenvalue weighted by Crippen LogP contribution is 2.70. The number of aliphatic hydroxyl groups is 1. The summed E-state index contributed by atoms with van der Waals surface area (Å²) in [7, 11) is 0. The van der Waals surface area contributed by atoms with Crippen LogP contribution in [0.2, 0.25) is 0 Å². The number of halogens is 11. The van der Waals surface area contributed by atoms with E-state index >= 15 is 0 Å². The van der Waals surface area contributed by atoms with E-state index in [1.165, 1.54) is 6.92 Å². The average molecular weight is 368 g/mol. The van der Waals surface area contributed by atoms with Gasteiger partial charge in [0.15, 0.2) is 0 Å². The summed E-state index contributed by atoms with van der Waals surface area (Å²) in [5.74, 6) is -34.9. The van der Waals surface area contributed by atoms with E-state index in [9.17, 15) is 48.3 Å². The SMILES string of the molecule is CCC(O)CCC1(F)C(F)(F)C(F)(F)C(F)(F)C(F)(F)C1(F)F. The van der Waals surface area contributed by atoms with Gasteiger partial charge >= 0.3 is 29.6 Å². The first-order valence-electron chi connectivity index (χ1n) is 6.21. The van der Waals surface area contributed by atoms with Gasteiger partial charge in [-0.3, -0.25) is 0 Å². The lowest BCUT2D eigenvalue weighted by Crippen LogP contribution is -2.83. The molecule has 0 heterocycles. The minimum absolute atomic E-state index is 0.323. The zero-order chi connectivity index (χ0) is 18.7. The van der Waals surface area contributed by atoms with Crippen molar-refractivity contribution in [1.82, 2.24) is 0 Å². The van der Waals surface area contributed by atoms with E-state index in [0.717, 1.165) is 0 Å². The van der Waals surface area contributed by atoms with Gasteiger partial charge in [0, 0.05) is 0 Å². The summed E-state index contributed by atoms with van der Waals surface area (Å²) >= 11 is 0. The first-order chi connectivity index (χ1) is 9.95. The highest BCUT2D eigenvalue weighted by Gasteiger charge is 3.00. The molecule has 1 unspecified atom stereocenters. The molecule has 0 spiro atoms. The first kappa shape index (κ1) is 20.2. The quantitative estimate of drug-likeness (QED) is 0.728. The second kappa shape index (κ2) is 5.09. The van der Waals surface area contributed by atoms with Crippen LogP contribution in [-0.4, -0.2) is 46.5 Å². The van der Waals surface area contributed by atoms with Crippen LogP contribution in [0.15, 0.2) is 0 Å². The third-order valence-corrected chi connectivity index (χ3v) is 3.87. The summed E-state index contributed by atoms with van der Waals surface area (Å²) in [5.41, 5.74) is -5.98. The van der Waals surface area contributed by atoms with Crippen molar-refractivity contribution >= 4 is 0 Å². The molecule has 1 N–H and O–H groups in total. The lowest BCUT2D eigenvalue weighted by molar-refractivity contribution is -0.485. The summed E-state index contributed by atoms with van der Waals surface area (Å²) in [6, 6.07) is 0. The molecule has 0 aromatic heterocycles. The normalized spacial score (nSPS) is 30.7. The van der Waals surface area contributed by atoms with Crippen LogP contribution in [0.1, 0.15) is 26.2 Å². The Balaban J connectivity index is 3.55. The molecule has 1 saturated carbocycles. The van der Waals surface area contributed by atoms with E-state index in [-0.39, 0.29) is 6.42 Å². The van der Waals surface area contributed by atoms with Crippen LogP contribution in [0, 0.1) is 0 Å². The fourth-order valence-corrected chi connectivity index (χ4v) is 2.17. The third-order valence-electron chi connectivity index (χ3n) is 3.87. The molecule has 0 bridgehead atoms. The first-order valence-corrected chi connectivity index (χ1v) is 6.21. The Morgan fingerprint density at radius 3 is 1.26 bits per heavy atom. The van der Waals surface area contributed by atoms with Gasteiger partial charge in [-0.2, -0.15) is 43.9 Å². The summed E-state index contributed by atoms with van der Waals surface area (Å²) in [6.07, 6.45) is -5.78. The molecule has 12 heteroatoms. The highest BCUT2D eigenvalue weighted by atomic mass is 19.4. The standard InChI is InChI=1S/C11H11F11O/c1-2-5(23)3-4-6(12)7(13,14)9(17,18)11(21,22)10(19,20)8(6,15)16/h5,23H,2-4H2,1H3. The molecule has 23 heavy (non-hydrogen) atoms. The number of rotatable bonds is 4. The number of hydrogen-bond acceptors (Lipinski definition) is 1. The smallest absolute Gasteiger partial charge is 0.384 e. The lowest BCUT2D eigenvalue weighted by Gasteiger charge is -2.52. The molecule has 1 atom stereocenters. The minimum atomic E-state index is -7.19. The van der Waals surface area contributed by atoms with Crippen LogP contribution in [0.4, 0.5) is 48.3 Å². The van der Waals surface area contributed by atoms with E-state index in [4.69, 9.17) is 5.11 Å². The lowest BCUT2D eigenvalue weighted by atomic mass is 9.70. The molecule has 138 valence electrons. The van der Waals surface area contributed by atoms with Crippen LogP contribution < -0.4 is 0 Å². The van der Waals surface area contributed by atoms with E-state index < -0.39 is 54.2 Å². The molecular formula is C11H11F11O. The van der Waals surface area contributed by atoms with Crippen molar-refractivity contribution in [2.24, 2.45) is 0 Å². The number of alkyl halides is 11. The van der Waals surface area contributed by atoms with Gasteiger partial charge in [0.05, 0.1) is 6.10 Å². The molecule has 0 aromatic rings. The Kier molecular flexibility index (Phi) is 4.48. The van der Waals surface area contributed by atoms with Gasteiger partial charge in [-0.15, -0.1) is 0 Å². The van der Waals surface area contributed by atoms with E-state index in [0.29, 0.717) is 0 Å². The van der Waals surface area contributed by atoms with Gasteiger partial charge in [-0.05, 0) is 19.3 Å². The molecular weight excluding hydrogens is 357 g/mol. The van der Waals surface area contributed by atoms with Gasteiger partial charge in [0.1, 0.15) is 0 Å². The maximum Gasteiger partial charge on any atom is 0.384 e. The summed E-state index contributed by atoms with van der Waals surface area (Å²) in [6.45, 7) is 1.17. The van der Waals surface area contributed by atoms with Crippen LogP contribution in [-0.2, 0) is 0 Å². The molecule has 0 amide bonds. The average Bonchev–Trinajstić information content (AvgIpc) is 2.41. The van der Waals surface area contributed by atoms with Crippen molar-refractivity contribution in [2.45, 2.75) is 67.6 Å². The summed E-state index contributed by atoms with van der Waals surface area (Å²) < 4.78 is 146. The Bertz CT molecular complexity index is 429. The van der Waals surface area contributed by atoms with Gasteiger partial charge < -0.3 is 5.11 Å². The monoisotopic (exact) mass is 368 g/mol. The summed E-state index contributed by atoms with van der Waals surface area (Å²) in [5, 5.41) is 9.03. The number of hydrogen-bond donors (Lipinski definition) is 1. The fourth-order valence-electron chi connectivity index (χ4n) is 2.17. The Labute approximate surface area is 122 Å². The molecule has 1 rings (SSSR count). The minimum Gasteiger partial charge on any atom is -0.393 e. The Morgan fingerprint density at radius 2 is 0.957 bits per heavy atom. The van der Waals surface area contributed by atoms with Gasteiger partial charge in [-0.25, -0.2) is 4.39 Å². The zero-order valence-electron chi connectivity index (χ0n) is 11.3. The highest BCUT2D eigenvalue weighted by molar-refractivity contribution is 5.26. The number of aliphatic hydroxyl groups excluding tert-OH is 1. The van der Waals surface area contributed by atoms with Gasteiger partial charge in [0.25, 0.3) is 0 Å². The second-order valence-corrected chi connectivity index (χ2v) is 5.27. The summed E-state index contributed by atoms with van der Waals surface area (Å²) in [4.78, 5) is 0. The van der Waals surface area contributed by atoms with Crippen LogP contribution in [0.3, 0.4) is 0 Å². The topological polar surface area (TPSA) is 20.2 Å². The van der Waals surface area contributed by atoms with Gasteiger partial charge in [-0.1, -0.05) is 6.92 Å². The predicted molar refractivity (Wildman–Crippen MR) is 54.1 cm³/mol. The Hall–Kier alpha value is -0.810. The van der Waals surface area contributed by atoms with Crippen molar-refractivity contribution in [3.05, 3.63) is 0 Å². The molecule has 0 saturated heterocycles. The van der Waals surface area contributed by atoms with E-state index in [2.05, 4.69) is 0 Å². The molecule has 0 aliphatic heterocycles. The van der Waals surface area contributed by atoms with Crippen molar-refractivity contribution in [3.8, 4) is 0 Å². The van der Waals surface area contributed by atoms with Crippen LogP contribution in [0.5, 0.6) is 0 Å². The maximum atomic E-state index is 14.1. The van der Waals surface area contributed by atoms with Crippen molar-refractivity contribution in [3.63, 3.8) is 0 Å². The maximum absolute atomic E-state index is 14.1. The molecule has 0 radical (unpaired) electrons. The fraction of sp³-hybridized carbons (Fsp3) is 1.00. The van der Waals surface area contributed by atoms with Crippen molar-refractivity contribution in [1.29, 1.82) is 0 Å². The zero-order valence-corrected chi connectivity index (χ0v) is 11.3. The molecule has 1 aliphatic rings. The van der Waals surface area contributed by atoms with Crippen LogP contribution in [0.25, 0.3) is 0 Å². The largest absolute Gasteiger partial charge is 0.393 e. The van der Waals surface area contributed by atoms with Crippen molar-refractivity contribution in [2.75, 3.05) is 0 Å². The molecule has 0 aromatic carbocycles. The molecule has 1 nitrogen and oxygen atoms in total. The predicted octanol–water partition coefficient (Wildman–Crippen LogP) is 4.44. The van der Waals surface area contributed by atoms with Crippen LogP contribution >= 0.6 is 0 Å².